The maximum Gasteiger partial charge on any atom is 0.127 e. The molecule has 1 aliphatic rings. The maximum absolute atomic E-state index is 6.07. The van der Waals surface area contributed by atoms with Crippen LogP contribution in [0.4, 0.5) is 0 Å². The van der Waals surface area contributed by atoms with E-state index in [1.807, 2.05) is 0 Å². The molecule has 0 bridgehead atoms. The van der Waals surface area contributed by atoms with Crippen LogP contribution in [0.5, 0.6) is 5.75 Å². The number of hydrogen-bond donors (Lipinski definition) is 1. The highest BCUT2D eigenvalue weighted by molar-refractivity contribution is 5.88. The molecule has 0 aliphatic heterocycles. The molecule has 1 N–H and O–H groups in total. The van der Waals surface area contributed by atoms with Crippen molar-refractivity contribution < 1.29 is 4.74 Å². The minimum absolute atomic E-state index is 0.504. The molecule has 2 aromatic carbocycles. The zero-order valence-electron chi connectivity index (χ0n) is 11.4. The molecular weight excluding hydrogens is 234 g/mol. The molecule has 1 atom stereocenters. The zero-order valence-corrected chi connectivity index (χ0v) is 11.4. The lowest BCUT2D eigenvalue weighted by atomic mass is 10.1. The van der Waals surface area contributed by atoms with E-state index >= 15 is 0 Å². The van der Waals surface area contributed by atoms with E-state index in [9.17, 15) is 0 Å². The molecule has 1 aliphatic carbocycles. The molecule has 0 spiro atoms. The van der Waals surface area contributed by atoms with Gasteiger partial charge in [0.05, 0.1) is 0 Å². The second kappa shape index (κ2) is 5.62. The average molecular weight is 255 g/mol. The van der Waals surface area contributed by atoms with Crippen molar-refractivity contribution in [3.8, 4) is 5.75 Å². The first-order chi connectivity index (χ1) is 9.38. The van der Waals surface area contributed by atoms with E-state index in [1.54, 1.807) is 0 Å². The Labute approximate surface area is 114 Å². The molecule has 2 nitrogen and oxygen atoms in total. The Kier molecular flexibility index (Phi) is 3.69. The molecule has 1 saturated carbocycles. The molecule has 0 radical (unpaired) electrons. The Morgan fingerprint density at radius 3 is 2.74 bits per heavy atom. The van der Waals surface area contributed by atoms with Gasteiger partial charge in [0.2, 0.25) is 0 Å². The van der Waals surface area contributed by atoms with Gasteiger partial charge in [0.1, 0.15) is 12.4 Å². The van der Waals surface area contributed by atoms with Gasteiger partial charge in [-0.05, 0) is 36.8 Å². The van der Waals surface area contributed by atoms with E-state index in [0.717, 1.165) is 24.8 Å². The highest BCUT2D eigenvalue weighted by atomic mass is 16.5. The molecule has 2 aromatic rings. The molecule has 3 rings (SSSR count). The van der Waals surface area contributed by atoms with Gasteiger partial charge in [0.25, 0.3) is 0 Å². The lowest BCUT2D eigenvalue weighted by molar-refractivity contribution is 0.253. The van der Waals surface area contributed by atoms with E-state index in [2.05, 4.69) is 54.7 Å². The minimum Gasteiger partial charge on any atom is -0.491 e. The van der Waals surface area contributed by atoms with Gasteiger partial charge >= 0.3 is 0 Å². The van der Waals surface area contributed by atoms with E-state index in [0.29, 0.717) is 6.04 Å². The van der Waals surface area contributed by atoms with Gasteiger partial charge in [0, 0.05) is 11.4 Å². The summed E-state index contributed by atoms with van der Waals surface area (Å²) in [5.74, 6) is 1.82. The highest BCUT2D eigenvalue weighted by Gasteiger charge is 2.31. The van der Waals surface area contributed by atoms with Crippen molar-refractivity contribution in [1.82, 2.24) is 5.32 Å². The first-order valence-electron chi connectivity index (χ1n) is 7.22. The van der Waals surface area contributed by atoms with Crippen molar-refractivity contribution in [3.05, 3.63) is 42.5 Å². The summed E-state index contributed by atoms with van der Waals surface area (Å²) in [6.45, 7) is 3.94. The third-order valence-electron chi connectivity index (χ3n) is 3.83. The summed E-state index contributed by atoms with van der Waals surface area (Å²) in [7, 11) is 0. The summed E-state index contributed by atoms with van der Waals surface area (Å²) >= 11 is 0. The van der Waals surface area contributed by atoms with Gasteiger partial charge in [-0.2, -0.15) is 0 Å². The number of benzene rings is 2. The summed E-state index contributed by atoms with van der Waals surface area (Å²) in [5.41, 5.74) is 0. The van der Waals surface area contributed by atoms with E-state index in [-0.39, 0.29) is 0 Å². The quantitative estimate of drug-likeness (QED) is 0.851. The summed E-state index contributed by atoms with van der Waals surface area (Å²) in [6, 6.07) is 15.2. The molecule has 1 unspecified atom stereocenters. The van der Waals surface area contributed by atoms with E-state index in [1.165, 1.54) is 23.6 Å². The van der Waals surface area contributed by atoms with Crippen LogP contribution in [0.25, 0.3) is 10.8 Å². The van der Waals surface area contributed by atoms with Gasteiger partial charge in [-0.3, -0.25) is 0 Å². The van der Waals surface area contributed by atoms with E-state index < -0.39 is 0 Å². The average Bonchev–Trinajstić information content (AvgIpc) is 3.28. The Morgan fingerprint density at radius 2 is 1.95 bits per heavy atom. The third-order valence-corrected chi connectivity index (χ3v) is 3.83. The summed E-state index contributed by atoms with van der Waals surface area (Å²) in [4.78, 5) is 0. The predicted octanol–water partition coefficient (Wildman–Crippen LogP) is 3.61. The number of hydrogen-bond acceptors (Lipinski definition) is 2. The zero-order chi connectivity index (χ0) is 13.1. The largest absolute Gasteiger partial charge is 0.491 e. The van der Waals surface area contributed by atoms with Gasteiger partial charge < -0.3 is 10.1 Å². The smallest absolute Gasteiger partial charge is 0.127 e. The number of ether oxygens (including phenoxy) is 1. The molecule has 1 fully saturated rings. The molecule has 0 aromatic heterocycles. The second-order valence-electron chi connectivity index (χ2n) is 5.29. The summed E-state index contributed by atoms with van der Waals surface area (Å²) in [6.07, 6.45) is 2.69. The van der Waals surface area contributed by atoms with Crippen molar-refractivity contribution in [1.29, 1.82) is 0 Å². The topological polar surface area (TPSA) is 21.3 Å². The summed E-state index contributed by atoms with van der Waals surface area (Å²) in [5, 5.41) is 5.98. The molecule has 100 valence electrons. The van der Waals surface area contributed by atoms with E-state index in [4.69, 9.17) is 4.74 Å². The predicted molar refractivity (Wildman–Crippen MR) is 79.6 cm³/mol. The normalized spacial score (nSPS) is 16.5. The van der Waals surface area contributed by atoms with Crippen molar-refractivity contribution in [2.45, 2.75) is 25.8 Å². The van der Waals surface area contributed by atoms with Crippen molar-refractivity contribution in [3.63, 3.8) is 0 Å². The summed E-state index contributed by atoms with van der Waals surface area (Å²) < 4.78 is 6.07. The molecule has 0 heterocycles. The molecule has 0 amide bonds. The van der Waals surface area contributed by atoms with Crippen LogP contribution < -0.4 is 10.1 Å². The Balaban J connectivity index is 1.74. The van der Waals surface area contributed by atoms with Gasteiger partial charge in [-0.15, -0.1) is 0 Å². The Morgan fingerprint density at radius 1 is 1.16 bits per heavy atom. The lowest BCUT2D eigenvalue weighted by Crippen LogP contribution is -2.36. The van der Waals surface area contributed by atoms with Crippen LogP contribution in [-0.4, -0.2) is 19.2 Å². The fourth-order valence-electron chi connectivity index (χ4n) is 2.62. The fourth-order valence-corrected chi connectivity index (χ4v) is 2.62. The van der Waals surface area contributed by atoms with Gasteiger partial charge in [0.15, 0.2) is 0 Å². The SMILES string of the molecule is CCNC(COc1cccc2ccccc12)C1CC1. The lowest BCUT2D eigenvalue weighted by Gasteiger charge is -2.18. The molecular formula is C17H21NO. The highest BCUT2D eigenvalue weighted by Crippen LogP contribution is 2.33. The first kappa shape index (κ1) is 12.5. The van der Waals surface area contributed by atoms with Gasteiger partial charge in [-0.1, -0.05) is 43.3 Å². The Hall–Kier alpha value is -1.54. The maximum atomic E-state index is 6.07. The third kappa shape index (κ3) is 2.90. The van der Waals surface area contributed by atoms with Crippen LogP contribution in [0.1, 0.15) is 19.8 Å². The first-order valence-corrected chi connectivity index (χ1v) is 7.22. The molecule has 2 heteroatoms. The number of rotatable bonds is 6. The van der Waals surface area contributed by atoms with Gasteiger partial charge in [-0.25, -0.2) is 0 Å². The monoisotopic (exact) mass is 255 g/mol. The number of fused-ring (bicyclic) bond motifs is 1. The standard InChI is InChI=1S/C17H21NO/c1-2-18-16(14-10-11-14)12-19-17-9-5-7-13-6-3-4-8-15(13)17/h3-9,14,16,18H,2,10-12H2,1H3. The molecule has 19 heavy (non-hydrogen) atoms. The van der Waals surface area contributed by atoms with Crippen molar-refractivity contribution in [2.24, 2.45) is 5.92 Å². The fraction of sp³-hybridized carbons (Fsp3) is 0.412. The van der Waals surface area contributed by atoms with Crippen molar-refractivity contribution in [2.75, 3.05) is 13.2 Å². The number of likely N-dealkylation sites (N-methyl/N-ethyl adjacent to an activating group) is 1. The van der Waals surface area contributed by atoms with Crippen LogP contribution >= 0.6 is 0 Å². The van der Waals surface area contributed by atoms with Crippen LogP contribution in [-0.2, 0) is 0 Å². The molecule has 0 saturated heterocycles. The van der Waals surface area contributed by atoms with Crippen molar-refractivity contribution >= 4 is 10.8 Å². The second-order valence-corrected chi connectivity index (χ2v) is 5.29. The van der Waals surface area contributed by atoms with Crippen LogP contribution in [0.15, 0.2) is 42.5 Å². The minimum atomic E-state index is 0.504. The van der Waals surface area contributed by atoms with Crippen LogP contribution in [0.2, 0.25) is 0 Å². The Bertz CT molecular complexity index is 542. The van der Waals surface area contributed by atoms with Crippen LogP contribution in [0, 0.1) is 5.92 Å². The number of nitrogens with one attached hydrogen (secondary N) is 1. The van der Waals surface area contributed by atoms with Crippen LogP contribution in [0.3, 0.4) is 0 Å².